The van der Waals surface area contributed by atoms with E-state index >= 15 is 0 Å². The minimum atomic E-state index is 0.945. The molecule has 0 saturated carbocycles. The summed E-state index contributed by atoms with van der Waals surface area (Å²) in [4.78, 5) is 0. The third kappa shape index (κ3) is 20.5. The van der Waals surface area contributed by atoms with E-state index in [2.05, 4.69) is 27.7 Å². The average molecular weight is 381 g/mol. The summed E-state index contributed by atoms with van der Waals surface area (Å²) in [6, 6.07) is 0. The van der Waals surface area contributed by atoms with E-state index in [0.29, 0.717) is 0 Å². The molecule has 0 N–H and O–H groups in total. The molecule has 0 aromatic carbocycles. The van der Waals surface area contributed by atoms with Gasteiger partial charge in [-0.1, -0.05) is 156 Å². The van der Waals surface area contributed by atoms with E-state index in [9.17, 15) is 0 Å². The number of hydrogen-bond donors (Lipinski definition) is 0. The van der Waals surface area contributed by atoms with Crippen molar-refractivity contribution in [3.05, 3.63) is 0 Å². The summed E-state index contributed by atoms with van der Waals surface area (Å²) >= 11 is 0. The maximum absolute atomic E-state index is 2.46. The SMILES string of the molecule is CCCCCCCCCCCCCCCCCCC(CC)CC(C)CCC. The van der Waals surface area contributed by atoms with Crippen LogP contribution in [-0.2, 0) is 0 Å². The smallest absolute Gasteiger partial charge is 0.0414 e. The second-order valence-corrected chi connectivity index (χ2v) is 9.50. The molecule has 0 heterocycles. The molecule has 0 radical (unpaired) electrons. The molecule has 0 aliphatic heterocycles. The van der Waals surface area contributed by atoms with Crippen molar-refractivity contribution in [2.45, 2.75) is 163 Å². The van der Waals surface area contributed by atoms with Crippen LogP contribution in [0, 0.1) is 11.8 Å². The van der Waals surface area contributed by atoms with Gasteiger partial charge >= 0.3 is 0 Å². The second-order valence-electron chi connectivity index (χ2n) is 9.50. The summed E-state index contributed by atoms with van der Waals surface area (Å²) in [5, 5.41) is 0. The lowest BCUT2D eigenvalue weighted by Gasteiger charge is -2.19. The predicted octanol–water partition coefficient (Wildman–Crippen LogP) is 10.5. The van der Waals surface area contributed by atoms with Gasteiger partial charge in [-0.25, -0.2) is 0 Å². The Bertz CT molecular complexity index is 257. The van der Waals surface area contributed by atoms with Gasteiger partial charge in [0.1, 0.15) is 0 Å². The van der Waals surface area contributed by atoms with E-state index in [4.69, 9.17) is 0 Å². The van der Waals surface area contributed by atoms with E-state index in [-0.39, 0.29) is 0 Å². The average Bonchev–Trinajstić information content (AvgIpc) is 2.66. The van der Waals surface area contributed by atoms with E-state index in [1.54, 1.807) is 0 Å². The normalized spacial score (nSPS) is 13.8. The largest absolute Gasteiger partial charge is 0.0654 e. The minimum Gasteiger partial charge on any atom is -0.0654 e. The lowest BCUT2D eigenvalue weighted by Crippen LogP contribution is -2.06. The molecule has 0 aromatic rings. The Labute approximate surface area is 174 Å². The number of unbranched alkanes of at least 4 members (excludes halogenated alkanes) is 15. The van der Waals surface area contributed by atoms with E-state index in [0.717, 1.165) is 11.8 Å². The molecule has 0 fully saturated rings. The molecule has 0 heteroatoms. The predicted molar refractivity (Wildman–Crippen MR) is 127 cm³/mol. The first-order valence-corrected chi connectivity index (χ1v) is 13.2. The lowest BCUT2D eigenvalue weighted by atomic mass is 9.87. The summed E-state index contributed by atoms with van der Waals surface area (Å²) in [5.41, 5.74) is 0. The first kappa shape index (κ1) is 27.0. The van der Waals surface area contributed by atoms with Crippen LogP contribution < -0.4 is 0 Å². The molecule has 0 saturated heterocycles. The quantitative estimate of drug-likeness (QED) is 0.164. The van der Waals surface area contributed by atoms with Crippen molar-refractivity contribution in [2.24, 2.45) is 11.8 Å². The fourth-order valence-corrected chi connectivity index (χ4v) is 4.65. The zero-order valence-electron chi connectivity index (χ0n) is 20.0. The van der Waals surface area contributed by atoms with Crippen molar-refractivity contribution in [3.63, 3.8) is 0 Å². The summed E-state index contributed by atoms with van der Waals surface area (Å²) in [6.07, 6.45) is 30.7. The van der Waals surface area contributed by atoms with Gasteiger partial charge in [0.2, 0.25) is 0 Å². The highest BCUT2D eigenvalue weighted by molar-refractivity contribution is 4.63. The highest BCUT2D eigenvalue weighted by Gasteiger charge is 2.10. The van der Waals surface area contributed by atoms with Crippen LogP contribution in [-0.4, -0.2) is 0 Å². The highest BCUT2D eigenvalue weighted by atomic mass is 14.2. The molecule has 0 aliphatic carbocycles. The van der Waals surface area contributed by atoms with Crippen LogP contribution in [0.5, 0.6) is 0 Å². The third-order valence-corrected chi connectivity index (χ3v) is 6.56. The van der Waals surface area contributed by atoms with E-state index < -0.39 is 0 Å². The summed E-state index contributed by atoms with van der Waals surface area (Å²) in [7, 11) is 0. The van der Waals surface area contributed by atoms with Crippen LogP contribution in [0.15, 0.2) is 0 Å². The van der Waals surface area contributed by atoms with Crippen LogP contribution >= 0.6 is 0 Å². The molecule has 27 heavy (non-hydrogen) atoms. The topological polar surface area (TPSA) is 0 Å². The van der Waals surface area contributed by atoms with E-state index in [1.807, 2.05) is 0 Å². The Morgan fingerprint density at radius 3 is 1.22 bits per heavy atom. The molecule has 0 spiro atoms. The van der Waals surface area contributed by atoms with Crippen LogP contribution in [0.25, 0.3) is 0 Å². The first-order valence-electron chi connectivity index (χ1n) is 13.2. The highest BCUT2D eigenvalue weighted by Crippen LogP contribution is 2.24. The molecular formula is C27H56. The molecule has 2 atom stereocenters. The van der Waals surface area contributed by atoms with Crippen molar-refractivity contribution in [3.8, 4) is 0 Å². The fraction of sp³-hybridized carbons (Fsp3) is 1.00. The van der Waals surface area contributed by atoms with Gasteiger partial charge in [0.25, 0.3) is 0 Å². The molecular weight excluding hydrogens is 324 g/mol. The maximum Gasteiger partial charge on any atom is -0.0414 e. The van der Waals surface area contributed by atoms with Crippen molar-refractivity contribution >= 4 is 0 Å². The van der Waals surface area contributed by atoms with Crippen molar-refractivity contribution in [1.82, 2.24) is 0 Å². The van der Waals surface area contributed by atoms with Gasteiger partial charge in [-0.05, 0) is 18.3 Å². The molecule has 164 valence electrons. The zero-order valence-corrected chi connectivity index (χ0v) is 20.0. The Kier molecular flexibility index (Phi) is 22.3. The molecule has 0 rings (SSSR count). The van der Waals surface area contributed by atoms with Crippen molar-refractivity contribution < 1.29 is 0 Å². The summed E-state index contributed by atoms with van der Waals surface area (Å²) in [5.74, 6) is 1.94. The Morgan fingerprint density at radius 2 is 0.852 bits per heavy atom. The van der Waals surface area contributed by atoms with Crippen LogP contribution in [0.1, 0.15) is 163 Å². The molecule has 0 bridgehead atoms. The lowest BCUT2D eigenvalue weighted by molar-refractivity contribution is 0.335. The summed E-state index contributed by atoms with van der Waals surface area (Å²) < 4.78 is 0. The van der Waals surface area contributed by atoms with Gasteiger partial charge in [-0.15, -0.1) is 0 Å². The summed E-state index contributed by atoms with van der Waals surface area (Å²) in [6.45, 7) is 9.49. The monoisotopic (exact) mass is 380 g/mol. The fourth-order valence-electron chi connectivity index (χ4n) is 4.65. The second kappa shape index (κ2) is 22.3. The minimum absolute atomic E-state index is 0.945. The van der Waals surface area contributed by atoms with Gasteiger partial charge in [0.15, 0.2) is 0 Å². The van der Waals surface area contributed by atoms with Gasteiger partial charge in [0, 0.05) is 0 Å². The molecule has 2 unspecified atom stereocenters. The maximum atomic E-state index is 2.46. The van der Waals surface area contributed by atoms with Crippen LogP contribution in [0.3, 0.4) is 0 Å². The number of rotatable bonds is 22. The third-order valence-electron chi connectivity index (χ3n) is 6.56. The standard InChI is InChI=1S/C27H56/c1-5-8-9-10-11-12-13-14-15-16-17-18-19-20-21-22-24-27(7-3)25-26(4)23-6-2/h26-27H,5-25H2,1-4H3. The van der Waals surface area contributed by atoms with Gasteiger partial charge in [-0.3, -0.25) is 0 Å². The molecule has 0 amide bonds. The first-order chi connectivity index (χ1) is 13.2. The van der Waals surface area contributed by atoms with Gasteiger partial charge in [-0.2, -0.15) is 0 Å². The van der Waals surface area contributed by atoms with Crippen LogP contribution in [0.4, 0.5) is 0 Å². The van der Waals surface area contributed by atoms with Gasteiger partial charge in [0.05, 0.1) is 0 Å². The molecule has 0 aromatic heterocycles. The molecule has 0 nitrogen and oxygen atoms in total. The van der Waals surface area contributed by atoms with Crippen molar-refractivity contribution in [1.29, 1.82) is 0 Å². The number of hydrogen-bond acceptors (Lipinski definition) is 0. The Hall–Kier alpha value is 0. The molecule has 0 aliphatic rings. The Morgan fingerprint density at radius 1 is 0.444 bits per heavy atom. The van der Waals surface area contributed by atoms with Crippen LogP contribution in [0.2, 0.25) is 0 Å². The van der Waals surface area contributed by atoms with Gasteiger partial charge < -0.3 is 0 Å². The Balaban J connectivity index is 3.24. The van der Waals surface area contributed by atoms with Crippen molar-refractivity contribution in [2.75, 3.05) is 0 Å². The zero-order chi connectivity index (χ0) is 20.0. The van der Waals surface area contributed by atoms with E-state index in [1.165, 1.54) is 135 Å².